The highest BCUT2D eigenvalue weighted by molar-refractivity contribution is 6.10. The normalized spacial score (nSPS) is 10.9. The molecule has 0 bridgehead atoms. The van der Waals surface area contributed by atoms with Gasteiger partial charge in [-0.25, -0.2) is 0 Å². The smallest absolute Gasteiger partial charge is 0.292 e. The van der Waals surface area contributed by atoms with Gasteiger partial charge in [0.05, 0.1) is 4.92 Å². The number of nitrogens with one attached hydrogen (secondary N) is 2. The highest BCUT2D eigenvalue weighted by atomic mass is 16.6. The zero-order chi connectivity index (χ0) is 20.1. The second kappa shape index (κ2) is 8.15. The summed E-state index contributed by atoms with van der Waals surface area (Å²) in [4.78, 5) is 23.2. The van der Waals surface area contributed by atoms with Gasteiger partial charge in [-0.05, 0) is 49.6 Å². The van der Waals surface area contributed by atoms with Crippen molar-refractivity contribution in [2.45, 2.75) is 20.8 Å². The minimum absolute atomic E-state index is 0.130. The number of hydrogen-bond acceptors (Lipinski definition) is 5. The topological polar surface area (TPSA) is 108 Å². The molecule has 2 rings (SSSR count). The standard InChI is InChI=1S/C20H20N4O3/c1-12-7-13(2)19(14(3)8-12)23-20(25)16(11-21)9-15-5-6-17(22-4)18(10-15)24(26)27/h5-10,22H,1-4H3,(H,23,25)/b16-9+. The molecule has 0 aromatic heterocycles. The summed E-state index contributed by atoms with van der Waals surface area (Å²) < 4.78 is 0. The maximum Gasteiger partial charge on any atom is 0.292 e. The SMILES string of the molecule is CNc1ccc(/C=C(\C#N)C(=O)Nc2c(C)cc(C)cc2C)cc1[N+](=O)[O-]. The van der Waals surface area contributed by atoms with Gasteiger partial charge in [-0.2, -0.15) is 5.26 Å². The molecule has 0 unspecified atom stereocenters. The first-order chi connectivity index (χ1) is 12.8. The van der Waals surface area contributed by atoms with E-state index in [1.54, 1.807) is 13.1 Å². The molecule has 0 aliphatic rings. The summed E-state index contributed by atoms with van der Waals surface area (Å²) in [5.41, 5.74) is 4.00. The average molecular weight is 364 g/mol. The quantitative estimate of drug-likeness (QED) is 0.359. The van der Waals surface area contributed by atoms with E-state index in [4.69, 9.17) is 0 Å². The van der Waals surface area contributed by atoms with Crippen LogP contribution in [0.25, 0.3) is 6.08 Å². The van der Waals surface area contributed by atoms with Gasteiger partial charge >= 0.3 is 0 Å². The number of nitro benzene ring substituents is 1. The van der Waals surface area contributed by atoms with E-state index in [0.717, 1.165) is 16.7 Å². The maximum atomic E-state index is 12.5. The first-order valence-corrected chi connectivity index (χ1v) is 8.24. The first kappa shape index (κ1) is 19.7. The first-order valence-electron chi connectivity index (χ1n) is 8.24. The molecule has 7 heteroatoms. The molecule has 0 saturated heterocycles. The molecule has 2 aromatic carbocycles. The fraction of sp³-hybridized carbons (Fsp3) is 0.200. The molecule has 0 aliphatic carbocycles. The summed E-state index contributed by atoms with van der Waals surface area (Å²) in [5.74, 6) is -0.562. The molecule has 2 N–H and O–H groups in total. The minimum atomic E-state index is -0.562. The Bertz CT molecular complexity index is 964. The van der Waals surface area contributed by atoms with Crippen molar-refractivity contribution >= 4 is 29.0 Å². The van der Waals surface area contributed by atoms with Crippen LogP contribution in [0.2, 0.25) is 0 Å². The van der Waals surface area contributed by atoms with Crippen LogP contribution < -0.4 is 10.6 Å². The van der Waals surface area contributed by atoms with Gasteiger partial charge in [0.25, 0.3) is 11.6 Å². The summed E-state index contributed by atoms with van der Waals surface area (Å²) in [7, 11) is 1.58. The van der Waals surface area contributed by atoms with Gasteiger partial charge in [-0.1, -0.05) is 23.8 Å². The van der Waals surface area contributed by atoms with E-state index in [2.05, 4.69) is 10.6 Å². The summed E-state index contributed by atoms with van der Waals surface area (Å²) in [6, 6.07) is 10.2. The van der Waals surface area contributed by atoms with E-state index in [9.17, 15) is 20.2 Å². The highest BCUT2D eigenvalue weighted by Gasteiger charge is 2.16. The summed E-state index contributed by atoms with van der Waals surface area (Å²) in [6.45, 7) is 5.73. The number of anilines is 2. The lowest BCUT2D eigenvalue weighted by molar-refractivity contribution is -0.384. The van der Waals surface area contributed by atoms with Crippen molar-refractivity contribution in [3.8, 4) is 6.07 Å². The average Bonchev–Trinajstić information content (AvgIpc) is 2.62. The molecule has 0 heterocycles. The second-order valence-corrected chi connectivity index (χ2v) is 6.18. The molecule has 0 saturated carbocycles. The summed E-state index contributed by atoms with van der Waals surface area (Å²) in [6.07, 6.45) is 1.33. The van der Waals surface area contributed by atoms with Crippen LogP contribution in [-0.4, -0.2) is 17.9 Å². The highest BCUT2D eigenvalue weighted by Crippen LogP contribution is 2.27. The predicted molar refractivity (Wildman–Crippen MR) is 106 cm³/mol. The molecule has 138 valence electrons. The van der Waals surface area contributed by atoms with Crippen LogP contribution in [0.5, 0.6) is 0 Å². The van der Waals surface area contributed by atoms with Crippen molar-refractivity contribution in [1.29, 1.82) is 5.26 Å². The Labute approximate surface area is 157 Å². The van der Waals surface area contributed by atoms with Crippen LogP contribution in [0.3, 0.4) is 0 Å². The number of nitriles is 1. The van der Waals surface area contributed by atoms with E-state index in [1.807, 2.05) is 39.0 Å². The zero-order valence-electron chi connectivity index (χ0n) is 15.6. The van der Waals surface area contributed by atoms with Gasteiger partial charge in [-0.15, -0.1) is 0 Å². The lowest BCUT2D eigenvalue weighted by Gasteiger charge is -2.12. The second-order valence-electron chi connectivity index (χ2n) is 6.18. The molecule has 0 aliphatic heterocycles. The molecule has 1 amide bonds. The lowest BCUT2D eigenvalue weighted by atomic mass is 10.0. The number of aryl methyl sites for hydroxylation is 3. The summed E-state index contributed by atoms with van der Waals surface area (Å²) >= 11 is 0. The van der Waals surface area contributed by atoms with E-state index in [1.165, 1.54) is 18.2 Å². The Morgan fingerprint density at radius 2 is 1.81 bits per heavy atom. The fourth-order valence-corrected chi connectivity index (χ4v) is 2.87. The molecule has 0 atom stereocenters. The molecule has 0 spiro atoms. The van der Waals surface area contributed by atoms with Crippen LogP contribution in [-0.2, 0) is 4.79 Å². The number of nitro groups is 1. The number of carbonyl (C=O) groups excluding carboxylic acids is 1. The Morgan fingerprint density at radius 1 is 1.19 bits per heavy atom. The summed E-state index contributed by atoms with van der Waals surface area (Å²) in [5, 5.41) is 26.0. The molecule has 2 aromatic rings. The molecular formula is C20H20N4O3. The van der Waals surface area contributed by atoms with Gasteiger partial charge in [0.1, 0.15) is 17.3 Å². The lowest BCUT2D eigenvalue weighted by Crippen LogP contribution is -2.15. The maximum absolute atomic E-state index is 12.5. The Morgan fingerprint density at radius 3 is 2.33 bits per heavy atom. The fourth-order valence-electron chi connectivity index (χ4n) is 2.87. The van der Waals surface area contributed by atoms with Crippen molar-refractivity contribution in [2.24, 2.45) is 0 Å². The largest absolute Gasteiger partial charge is 0.383 e. The van der Waals surface area contributed by atoms with Gasteiger partial charge in [0, 0.05) is 18.8 Å². The number of carbonyl (C=O) groups is 1. The minimum Gasteiger partial charge on any atom is -0.383 e. The molecule has 0 radical (unpaired) electrons. The van der Waals surface area contributed by atoms with Crippen LogP contribution >= 0.6 is 0 Å². The van der Waals surface area contributed by atoms with Gasteiger partial charge in [0.15, 0.2) is 0 Å². The van der Waals surface area contributed by atoms with Gasteiger partial charge in [0.2, 0.25) is 0 Å². The number of benzene rings is 2. The van der Waals surface area contributed by atoms with Crippen LogP contribution in [0.1, 0.15) is 22.3 Å². The Balaban J connectivity index is 2.37. The monoisotopic (exact) mass is 364 g/mol. The van der Waals surface area contributed by atoms with Crippen molar-refractivity contribution in [2.75, 3.05) is 17.7 Å². The van der Waals surface area contributed by atoms with Crippen molar-refractivity contribution < 1.29 is 9.72 Å². The van der Waals surface area contributed by atoms with Crippen LogP contribution in [0, 0.1) is 42.2 Å². The van der Waals surface area contributed by atoms with E-state index in [-0.39, 0.29) is 11.3 Å². The van der Waals surface area contributed by atoms with Gasteiger partial charge in [-0.3, -0.25) is 14.9 Å². The predicted octanol–water partition coefficient (Wildman–Crippen LogP) is 4.11. The number of amides is 1. The van der Waals surface area contributed by atoms with Crippen molar-refractivity contribution in [3.05, 3.63) is 68.3 Å². The molecule has 0 fully saturated rings. The molecular weight excluding hydrogens is 344 g/mol. The third kappa shape index (κ3) is 4.50. The van der Waals surface area contributed by atoms with Crippen molar-refractivity contribution in [1.82, 2.24) is 0 Å². The Hall–Kier alpha value is -3.66. The zero-order valence-corrected chi connectivity index (χ0v) is 15.6. The van der Waals surface area contributed by atoms with Gasteiger partial charge < -0.3 is 10.6 Å². The third-order valence-electron chi connectivity index (χ3n) is 4.08. The number of hydrogen-bond donors (Lipinski definition) is 2. The van der Waals surface area contributed by atoms with Crippen molar-refractivity contribution in [3.63, 3.8) is 0 Å². The number of nitrogens with zero attached hydrogens (tertiary/aromatic N) is 2. The number of rotatable bonds is 5. The van der Waals surface area contributed by atoms with E-state index >= 15 is 0 Å². The van der Waals surface area contributed by atoms with E-state index < -0.39 is 10.8 Å². The van der Waals surface area contributed by atoms with E-state index in [0.29, 0.717) is 16.9 Å². The Kier molecular flexibility index (Phi) is 5.93. The van der Waals surface area contributed by atoms with Crippen LogP contribution in [0.15, 0.2) is 35.9 Å². The van der Waals surface area contributed by atoms with Crippen LogP contribution in [0.4, 0.5) is 17.1 Å². The molecule has 7 nitrogen and oxygen atoms in total. The molecule has 27 heavy (non-hydrogen) atoms. The third-order valence-corrected chi connectivity index (χ3v) is 4.08.